The predicted molar refractivity (Wildman–Crippen MR) is 55.9 cm³/mol. The number of anilines is 1. The first kappa shape index (κ1) is 11.5. The van der Waals surface area contributed by atoms with Crippen molar-refractivity contribution in [2.75, 3.05) is 12.3 Å². The van der Waals surface area contributed by atoms with E-state index in [9.17, 15) is 13.6 Å². The minimum Gasteiger partial charge on any atom is -0.393 e. The molecule has 1 aromatic heterocycles. The standard InChI is InChI=1S/C10H11F2N3O3/c11-10(12)5-3-7(18-9(5,10)4-16)15-2-1-6(13)14-8(15)17/h1-2,5,7,16H,3-4H2,(H2,13,14,17)/t5-,7+,9+/m0/s1. The molecule has 0 aromatic carbocycles. The lowest BCUT2D eigenvalue weighted by atomic mass is 10.2. The highest BCUT2D eigenvalue weighted by atomic mass is 19.3. The lowest BCUT2D eigenvalue weighted by Gasteiger charge is -2.21. The minimum absolute atomic E-state index is 0.0287. The average molecular weight is 259 g/mol. The predicted octanol–water partition coefficient (Wildman–Crippen LogP) is -0.259. The second-order valence-corrected chi connectivity index (χ2v) is 4.57. The van der Waals surface area contributed by atoms with Crippen molar-refractivity contribution in [2.24, 2.45) is 5.92 Å². The second-order valence-electron chi connectivity index (χ2n) is 4.57. The normalized spacial score (nSPS) is 36.4. The highest BCUT2D eigenvalue weighted by Gasteiger charge is 2.85. The number of hydrogen-bond acceptors (Lipinski definition) is 5. The Bertz CT molecular complexity index is 562. The molecule has 0 spiro atoms. The molecule has 0 radical (unpaired) electrons. The van der Waals surface area contributed by atoms with E-state index in [0.717, 1.165) is 4.57 Å². The van der Waals surface area contributed by atoms with Crippen LogP contribution in [0.1, 0.15) is 12.6 Å². The number of aliphatic hydroxyl groups is 1. The van der Waals surface area contributed by atoms with Crippen molar-refractivity contribution in [3.05, 3.63) is 22.7 Å². The minimum atomic E-state index is -3.02. The van der Waals surface area contributed by atoms with Gasteiger partial charge in [0, 0.05) is 12.6 Å². The zero-order valence-electron chi connectivity index (χ0n) is 9.22. The Hall–Kier alpha value is -1.54. The fraction of sp³-hybridized carbons (Fsp3) is 0.600. The third kappa shape index (κ3) is 1.21. The molecule has 0 amide bonds. The lowest BCUT2D eigenvalue weighted by molar-refractivity contribution is -0.131. The molecule has 2 heterocycles. The first-order valence-corrected chi connectivity index (χ1v) is 5.43. The van der Waals surface area contributed by atoms with E-state index in [1.807, 2.05) is 0 Å². The molecule has 1 aromatic rings. The first-order chi connectivity index (χ1) is 8.42. The molecule has 1 aliphatic carbocycles. The van der Waals surface area contributed by atoms with Crippen LogP contribution in [0.4, 0.5) is 14.6 Å². The van der Waals surface area contributed by atoms with Gasteiger partial charge in [-0.1, -0.05) is 0 Å². The quantitative estimate of drug-likeness (QED) is 0.763. The Morgan fingerprint density at radius 1 is 1.67 bits per heavy atom. The van der Waals surface area contributed by atoms with E-state index in [-0.39, 0.29) is 12.2 Å². The Morgan fingerprint density at radius 2 is 2.39 bits per heavy atom. The number of alkyl halides is 2. The zero-order valence-corrected chi connectivity index (χ0v) is 9.22. The summed E-state index contributed by atoms with van der Waals surface area (Å²) in [5.41, 5.74) is 2.84. The Balaban J connectivity index is 1.89. The van der Waals surface area contributed by atoms with Crippen LogP contribution < -0.4 is 11.4 Å². The number of ether oxygens (including phenoxy) is 1. The molecule has 3 atom stereocenters. The molecule has 18 heavy (non-hydrogen) atoms. The van der Waals surface area contributed by atoms with Crippen LogP contribution in [0, 0.1) is 5.92 Å². The van der Waals surface area contributed by atoms with Crippen molar-refractivity contribution < 1.29 is 18.6 Å². The van der Waals surface area contributed by atoms with E-state index in [1.165, 1.54) is 12.3 Å². The molecule has 98 valence electrons. The van der Waals surface area contributed by atoms with E-state index in [1.54, 1.807) is 0 Å². The van der Waals surface area contributed by atoms with Gasteiger partial charge in [0.2, 0.25) is 0 Å². The van der Waals surface area contributed by atoms with Crippen LogP contribution in [0.25, 0.3) is 0 Å². The third-order valence-corrected chi connectivity index (χ3v) is 3.66. The Kier molecular flexibility index (Phi) is 2.09. The van der Waals surface area contributed by atoms with E-state index < -0.39 is 36.0 Å². The molecule has 0 unspecified atom stereocenters. The van der Waals surface area contributed by atoms with Gasteiger partial charge in [-0.15, -0.1) is 0 Å². The van der Waals surface area contributed by atoms with Crippen LogP contribution in [0.5, 0.6) is 0 Å². The number of aromatic nitrogens is 2. The van der Waals surface area contributed by atoms with Crippen molar-refractivity contribution in [3.8, 4) is 0 Å². The van der Waals surface area contributed by atoms with Gasteiger partial charge >= 0.3 is 5.69 Å². The maximum absolute atomic E-state index is 13.3. The number of nitrogen functional groups attached to an aromatic ring is 1. The molecule has 6 nitrogen and oxygen atoms in total. The summed E-state index contributed by atoms with van der Waals surface area (Å²) in [6.45, 7) is -0.766. The zero-order chi connectivity index (χ0) is 13.1. The van der Waals surface area contributed by atoms with Gasteiger partial charge in [-0.25, -0.2) is 13.6 Å². The number of halogens is 2. The van der Waals surface area contributed by atoms with Gasteiger partial charge in [0.25, 0.3) is 5.92 Å². The lowest BCUT2D eigenvalue weighted by Crippen LogP contribution is -2.33. The summed E-state index contributed by atoms with van der Waals surface area (Å²) in [7, 11) is 0. The maximum atomic E-state index is 13.3. The van der Waals surface area contributed by atoms with Gasteiger partial charge in [-0.05, 0) is 6.07 Å². The summed E-state index contributed by atoms with van der Waals surface area (Å²) in [5.74, 6) is -4.02. The molecular formula is C10H11F2N3O3. The number of rotatable bonds is 2. The summed E-state index contributed by atoms with van der Waals surface area (Å²) >= 11 is 0. The van der Waals surface area contributed by atoms with Gasteiger partial charge in [0.05, 0.1) is 12.5 Å². The molecule has 2 fully saturated rings. The van der Waals surface area contributed by atoms with Crippen LogP contribution in [-0.4, -0.2) is 32.8 Å². The van der Waals surface area contributed by atoms with Crippen molar-refractivity contribution >= 4 is 5.82 Å². The van der Waals surface area contributed by atoms with Crippen molar-refractivity contribution in [3.63, 3.8) is 0 Å². The molecule has 8 heteroatoms. The van der Waals surface area contributed by atoms with Crippen molar-refractivity contribution in [2.45, 2.75) is 24.2 Å². The van der Waals surface area contributed by atoms with E-state index >= 15 is 0 Å². The Labute approximate surface area is 100.0 Å². The smallest absolute Gasteiger partial charge is 0.351 e. The average Bonchev–Trinajstić information content (AvgIpc) is 2.63. The van der Waals surface area contributed by atoms with Crippen LogP contribution >= 0.6 is 0 Å². The number of aliphatic hydroxyl groups excluding tert-OH is 1. The first-order valence-electron chi connectivity index (χ1n) is 5.43. The van der Waals surface area contributed by atoms with E-state index in [0.29, 0.717) is 0 Å². The van der Waals surface area contributed by atoms with Crippen LogP contribution in [-0.2, 0) is 4.74 Å². The molecule has 2 aliphatic rings. The largest absolute Gasteiger partial charge is 0.393 e. The monoisotopic (exact) mass is 259 g/mol. The van der Waals surface area contributed by atoms with Crippen molar-refractivity contribution in [1.29, 1.82) is 0 Å². The third-order valence-electron chi connectivity index (χ3n) is 3.66. The molecule has 3 N–H and O–H groups in total. The van der Waals surface area contributed by atoms with Gasteiger partial charge in [-0.2, -0.15) is 4.98 Å². The SMILES string of the molecule is Nc1ccn([C@H]2C[C@@H]3C(F)(F)[C@]3(CO)O2)c(=O)n1. The Morgan fingerprint density at radius 3 is 2.94 bits per heavy atom. The molecule has 1 saturated carbocycles. The summed E-state index contributed by atoms with van der Waals surface area (Å²) in [5, 5.41) is 9.05. The molecule has 3 rings (SSSR count). The second kappa shape index (κ2) is 3.27. The summed E-state index contributed by atoms with van der Waals surface area (Å²) in [4.78, 5) is 15.0. The summed E-state index contributed by atoms with van der Waals surface area (Å²) < 4.78 is 33.0. The van der Waals surface area contributed by atoms with Crippen LogP contribution in [0.3, 0.4) is 0 Å². The van der Waals surface area contributed by atoms with Gasteiger partial charge in [0.1, 0.15) is 12.0 Å². The van der Waals surface area contributed by atoms with Crippen LogP contribution in [0.2, 0.25) is 0 Å². The highest BCUT2D eigenvalue weighted by molar-refractivity contribution is 5.26. The maximum Gasteiger partial charge on any atom is 0.351 e. The number of hydrogen-bond donors (Lipinski definition) is 2. The molecular weight excluding hydrogens is 248 g/mol. The topological polar surface area (TPSA) is 90.4 Å². The summed E-state index contributed by atoms with van der Waals surface area (Å²) in [6.07, 6.45) is 0.491. The van der Waals surface area contributed by atoms with Gasteiger partial charge in [0.15, 0.2) is 5.60 Å². The van der Waals surface area contributed by atoms with Crippen molar-refractivity contribution in [1.82, 2.24) is 9.55 Å². The fourth-order valence-corrected chi connectivity index (χ4v) is 2.57. The van der Waals surface area contributed by atoms with Gasteiger partial charge in [-0.3, -0.25) is 4.57 Å². The molecule has 1 saturated heterocycles. The molecule has 1 aliphatic heterocycles. The van der Waals surface area contributed by atoms with Gasteiger partial charge < -0.3 is 15.6 Å². The highest BCUT2D eigenvalue weighted by Crippen LogP contribution is 2.69. The van der Waals surface area contributed by atoms with E-state index in [2.05, 4.69) is 4.98 Å². The molecule has 0 bridgehead atoms. The van der Waals surface area contributed by atoms with Crippen LogP contribution in [0.15, 0.2) is 17.1 Å². The fourth-order valence-electron chi connectivity index (χ4n) is 2.57. The van der Waals surface area contributed by atoms with E-state index in [4.69, 9.17) is 15.6 Å². The number of fused-ring (bicyclic) bond motifs is 1. The number of nitrogens with two attached hydrogens (primary N) is 1. The summed E-state index contributed by atoms with van der Waals surface area (Å²) in [6, 6.07) is 1.39. The number of nitrogens with zero attached hydrogens (tertiary/aromatic N) is 2.